The first-order valence-corrected chi connectivity index (χ1v) is 6.26. The van der Waals surface area contributed by atoms with Crippen LogP contribution in [-0.4, -0.2) is 0 Å². The second-order valence-electron chi connectivity index (χ2n) is 4.87. The predicted octanol–water partition coefficient (Wildman–Crippen LogP) is 3.25. The Labute approximate surface area is 109 Å². The first kappa shape index (κ1) is 12.5. The maximum Gasteiger partial charge on any atom is 0.0316 e. The van der Waals surface area contributed by atoms with Gasteiger partial charge in [-0.15, -0.1) is 0 Å². The number of benzene rings is 2. The van der Waals surface area contributed by atoms with E-state index < -0.39 is 0 Å². The summed E-state index contributed by atoms with van der Waals surface area (Å²) in [7, 11) is 0. The highest BCUT2D eigenvalue weighted by Gasteiger charge is 2.02. The summed E-state index contributed by atoms with van der Waals surface area (Å²) in [6.07, 6.45) is 2.08. The van der Waals surface area contributed by atoms with Crippen molar-refractivity contribution in [1.82, 2.24) is 0 Å². The minimum atomic E-state index is 0.833. The smallest absolute Gasteiger partial charge is 0.0316 e. The zero-order valence-corrected chi connectivity index (χ0v) is 11.0. The maximum atomic E-state index is 5.76. The third-order valence-electron chi connectivity index (χ3n) is 3.40. The fourth-order valence-electron chi connectivity index (χ4n) is 2.27. The van der Waals surface area contributed by atoms with E-state index in [-0.39, 0.29) is 0 Å². The maximum absolute atomic E-state index is 5.76. The Morgan fingerprint density at radius 1 is 0.722 bits per heavy atom. The average Bonchev–Trinajstić information content (AvgIpc) is 2.30. The van der Waals surface area contributed by atoms with Gasteiger partial charge in [-0.1, -0.05) is 12.1 Å². The minimum absolute atomic E-state index is 0.833. The molecule has 0 aliphatic rings. The van der Waals surface area contributed by atoms with Crippen LogP contribution in [0.2, 0.25) is 0 Å². The molecule has 2 rings (SSSR count). The molecule has 2 heteroatoms. The molecule has 18 heavy (non-hydrogen) atoms. The number of aryl methyl sites for hydroxylation is 4. The van der Waals surface area contributed by atoms with E-state index in [0.29, 0.717) is 0 Å². The van der Waals surface area contributed by atoms with Crippen molar-refractivity contribution in [3.63, 3.8) is 0 Å². The molecular weight excluding hydrogens is 220 g/mol. The van der Waals surface area contributed by atoms with Crippen LogP contribution < -0.4 is 11.5 Å². The van der Waals surface area contributed by atoms with Crippen LogP contribution in [0.25, 0.3) is 0 Å². The van der Waals surface area contributed by atoms with Gasteiger partial charge >= 0.3 is 0 Å². The summed E-state index contributed by atoms with van der Waals surface area (Å²) in [6, 6.07) is 12.3. The molecule has 0 saturated heterocycles. The summed E-state index contributed by atoms with van der Waals surface area (Å²) in [5.41, 5.74) is 18.4. The number of nitrogens with two attached hydrogens (primary N) is 2. The molecule has 0 saturated carbocycles. The molecule has 0 aliphatic heterocycles. The molecule has 0 spiro atoms. The molecule has 0 aromatic heterocycles. The van der Waals surface area contributed by atoms with Crippen LogP contribution in [0.3, 0.4) is 0 Å². The second-order valence-corrected chi connectivity index (χ2v) is 4.87. The highest BCUT2D eigenvalue weighted by molar-refractivity contribution is 5.46. The van der Waals surface area contributed by atoms with Crippen molar-refractivity contribution in [2.75, 3.05) is 11.5 Å². The van der Waals surface area contributed by atoms with E-state index in [2.05, 4.69) is 26.0 Å². The molecule has 0 unspecified atom stereocenters. The van der Waals surface area contributed by atoms with E-state index in [9.17, 15) is 0 Å². The Balaban J connectivity index is 2.11. The van der Waals surface area contributed by atoms with Crippen molar-refractivity contribution in [1.29, 1.82) is 0 Å². The van der Waals surface area contributed by atoms with Crippen LogP contribution in [0.4, 0.5) is 11.4 Å². The Kier molecular flexibility index (Phi) is 3.56. The van der Waals surface area contributed by atoms with Gasteiger partial charge in [0.25, 0.3) is 0 Å². The summed E-state index contributed by atoms with van der Waals surface area (Å²) in [6.45, 7) is 4.23. The molecule has 94 valence electrons. The van der Waals surface area contributed by atoms with Gasteiger partial charge in [-0.25, -0.2) is 0 Å². The zero-order chi connectivity index (χ0) is 13.1. The van der Waals surface area contributed by atoms with Gasteiger partial charge in [0.2, 0.25) is 0 Å². The highest BCUT2D eigenvalue weighted by Crippen LogP contribution is 2.18. The molecule has 0 fully saturated rings. The van der Waals surface area contributed by atoms with E-state index in [1.54, 1.807) is 0 Å². The summed E-state index contributed by atoms with van der Waals surface area (Å²) in [5.74, 6) is 0. The number of anilines is 2. The molecule has 2 nitrogen and oxygen atoms in total. The molecule has 0 aliphatic carbocycles. The lowest BCUT2D eigenvalue weighted by Gasteiger charge is -2.09. The van der Waals surface area contributed by atoms with Crippen molar-refractivity contribution in [3.8, 4) is 0 Å². The number of nitrogen functional groups attached to an aromatic ring is 2. The van der Waals surface area contributed by atoms with Crippen molar-refractivity contribution in [2.24, 2.45) is 0 Å². The topological polar surface area (TPSA) is 52.0 Å². The zero-order valence-electron chi connectivity index (χ0n) is 11.0. The first-order chi connectivity index (χ1) is 8.56. The second kappa shape index (κ2) is 5.13. The van der Waals surface area contributed by atoms with E-state index in [1.807, 2.05) is 24.3 Å². The van der Waals surface area contributed by atoms with E-state index >= 15 is 0 Å². The van der Waals surface area contributed by atoms with Gasteiger partial charge in [-0.05, 0) is 73.2 Å². The van der Waals surface area contributed by atoms with Gasteiger partial charge < -0.3 is 11.5 Å². The van der Waals surface area contributed by atoms with Gasteiger partial charge in [0.05, 0.1) is 0 Å². The van der Waals surface area contributed by atoms with Crippen LogP contribution >= 0.6 is 0 Å². The molecule has 4 N–H and O–H groups in total. The molecule has 2 aromatic carbocycles. The third kappa shape index (κ3) is 2.83. The number of hydrogen-bond donors (Lipinski definition) is 2. The van der Waals surface area contributed by atoms with E-state index in [1.165, 1.54) is 22.3 Å². The van der Waals surface area contributed by atoms with Crippen molar-refractivity contribution in [3.05, 3.63) is 58.7 Å². The molecular formula is C16H20N2. The standard InChI is InChI=1S/C16H20N2/c1-11-9-15(17)7-5-13(11)3-4-14-6-8-16(18)10-12(14)2/h5-10H,3-4,17-18H2,1-2H3. The van der Waals surface area contributed by atoms with Gasteiger partial charge in [0.1, 0.15) is 0 Å². The lowest BCUT2D eigenvalue weighted by atomic mass is 9.97. The molecule has 0 radical (unpaired) electrons. The quantitative estimate of drug-likeness (QED) is 0.809. The van der Waals surface area contributed by atoms with E-state index in [0.717, 1.165) is 24.2 Å². The largest absolute Gasteiger partial charge is 0.399 e. The van der Waals surface area contributed by atoms with Crippen molar-refractivity contribution >= 4 is 11.4 Å². The molecule has 0 atom stereocenters. The third-order valence-corrected chi connectivity index (χ3v) is 3.40. The van der Waals surface area contributed by atoms with Crippen LogP contribution in [0.1, 0.15) is 22.3 Å². The van der Waals surface area contributed by atoms with Crippen LogP contribution in [-0.2, 0) is 12.8 Å². The lowest BCUT2D eigenvalue weighted by Crippen LogP contribution is -1.98. The Hall–Kier alpha value is -1.96. The van der Waals surface area contributed by atoms with Crippen molar-refractivity contribution in [2.45, 2.75) is 26.7 Å². The normalized spacial score (nSPS) is 10.6. The lowest BCUT2D eigenvalue weighted by molar-refractivity contribution is 0.940. The van der Waals surface area contributed by atoms with Gasteiger partial charge in [-0.2, -0.15) is 0 Å². The fraction of sp³-hybridized carbons (Fsp3) is 0.250. The number of rotatable bonds is 3. The van der Waals surface area contributed by atoms with Gasteiger partial charge in [0, 0.05) is 11.4 Å². The summed E-state index contributed by atoms with van der Waals surface area (Å²) in [5, 5.41) is 0. The Morgan fingerprint density at radius 2 is 1.11 bits per heavy atom. The summed E-state index contributed by atoms with van der Waals surface area (Å²) in [4.78, 5) is 0. The van der Waals surface area contributed by atoms with Crippen LogP contribution in [0.5, 0.6) is 0 Å². The average molecular weight is 240 g/mol. The number of hydrogen-bond acceptors (Lipinski definition) is 2. The Morgan fingerprint density at radius 3 is 1.44 bits per heavy atom. The predicted molar refractivity (Wildman–Crippen MR) is 78.6 cm³/mol. The van der Waals surface area contributed by atoms with Gasteiger partial charge in [0.15, 0.2) is 0 Å². The van der Waals surface area contributed by atoms with Crippen LogP contribution in [0.15, 0.2) is 36.4 Å². The summed E-state index contributed by atoms with van der Waals surface area (Å²) >= 11 is 0. The monoisotopic (exact) mass is 240 g/mol. The molecule has 0 bridgehead atoms. The van der Waals surface area contributed by atoms with Gasteiger partial charge in [-0.3, -0.25) is 0 Å². The molecule has 2 aromatic rings. The summed E-state index contributed by atoms with van der Waals surface area (Å²) < 4.78 is 0. The minimum Gasteiger partial charge on any atom is -0.399 e. The Bertz CT molecular complexity index is 508. The first-order valence-electron chi connectivity index (χ1n) is 6.26. The van der Waals surface area contributed by atoms with Crippen LogP contribution in [0, 0.1) is 13.8 Å². The SMILES string of the molecule is Cc1cc(N)ccc1CCc1ccc(N)cc1C. The highest BCUT2D eigenvalue weighted by atomic mass is 14.5. The van der Waals surface area contributed by atoms with Crippen molar-refractivity contribution < 1.29 is 0 Å². The molecule has 0 amide bonds. The van der Waals surface area contributed by atoms with E-state index in [4.69, 9.17) is 11.5 Å². The fourth-order valence-corrected chi connectivity index (χ4v) is 2.27. The molecule has 0 heterocycles.